The summed E-state index contributed by atoms with van der Waals surface area (Å²) < 4.78 is 0. The molecule has 0 rings (SSSR count). The highest BCUT2D eigenvalue weighted by Crippen LogP contribution is 1.99. The number of rotatable bonds is 12. The standard InChI is InChI=1S/C15H32N4O2S/c1-12(2)18-14(20)13(3)19-15(21)17-10-9-16-8-6-4-5-7-11-22/h12-13,16,22H,4-11H2,1-3H3,(H,18,20)(H2,17,19,21). The molecule has 130 valence electrons. The number of hydrogen-bond donors (Lipinski definition) is 5. The van der Waals surface area contributed by atoms with E-state index >= 15 is 0 Å². The topological polar surface area (TPSA) is 82.3 Å². The van der Waals surface area contributed by atoms with E-state index in [1.165, 1.54) is 19.3 Å². The van der Waals surface area contributed by atoms with Crippen molar-refractivity contribution in [2.75, 3.05) is 25.4 Å². The average Bonchev–Trinajstić information content (AvgIpc) is 2.44. The average molecular weight is 333 g/mol. The van der Waals surface area contributed by atoms with Crippen molar-refractivity contribution in [3.63, 3.8) is 0 Å². The molecule has 3 amide bonds. The molecule has 4 N–H and O–H groups in total. The Morgan fingerprint density at radius 1 is 0.909 bits per heavy atom. The molecule has 1 atom stereocenters. The van der Waals surface area contributed by atoms with Gasteiger partial charge in [0, 0.05) is 19.1 Å². The molecule has 0 aliphatic rings. The molecule has 6 nitrogen and oxygen atoms in total. The minimum atomic E-state index is -0.540. The predicted molar refractivity (Wildman–Crippen MR) is 94.5 cm³/mol. The quantitative estimate of drug-likeness (QED) is 0.276. The molecular formula is C15H32N4O2S. The van der Waals surface area contributed by atoms with E-state index in [4.69, 9.17) is 0 Å². The van der Waals surface area contributed by atoms with Crippen molar-refractivity contribution in [3.05, 3.63) is 0 Å². The second kappa shape index (κ2) is 13.7. The van der Waals surface area contributed by atoms with E-state index in [0.29, 0.717) is 6.54 Å². The third kappa shape index (κ3) is 12.8. The molecule has 0 aromatic rings. The van der Waals surface area contributed by atoms with E-state index in [1.54, 1.807) is 6.92 Å². The van der Waals surface area contributed by atoms with Gasteiger partial charge in [0.1, 0.15) is 6.04 Å². The Kier molecular flexibility index (Phi) is 13.1. The Morgan fingerprint density at radius 3 is 2.23 bits per heavy atom. The zero-order valence-corrected chi connectivity index (χ0v) is 15.0. The van der Waals surface area contributed by atoms with Crippen molar-refractivity contribution in [3.8, 4) is 0 Å². The summed E-state index contributed by atoms with van der Waals surface area (Å²) >= 11 is 4.18. The Bertz CT molecular complexity index is 314. The molecule has 0 fully saturated rings. The Labute approximate surface area is 140 Å². The lowest BCUT2D eigenvalue weighted by Gasteiger charge is -2.16. The van der Waals surface area contributed by atoms with Gasteiger partial charge in [-0.15, -0.1) is 0 Å². The Balaban J connectivity index is 3.51. The van der Waals surface area contributed by atoms with Gasteiger partial charge in [-0.25, -0.2) is 4.79 Å². The summed E-state index contributed by atoms with van der Waals surface area (Å²) in [4.78, 5) is 23.3. The molecule has 22 heavy (non-hydrogen) atoms. The van der Waals surface area contributed by atoms with Gasteiger partial charge in [-0.1, -0.05) is 12.8 Å². The van der Waals surface area contributed by atoms with Crippen molar-refractivity contribution >= 4 is 24.6 Å². The van der Waals surface area contributed by atoms with Gasteiger partial charge >= 0.3 is 6.03 Å². The fourth-order valence-electron chi connectivity index (χ4n) is 1.83. The van der Waals surface area contributed by atoms with Crippen LogP contribution in [0.1, 0.15) is 46.5 Å². The van der Waals surface area contributed by atoms with E-state index in [2.05, 4.69) is 33.9 Å². The highest BCUT2D eigenvalue weighted by Gasteiger charge is 2.15. The van der Waals surface area contributed by atoms with Crippen molar-refractivity contribution in [2.24, 2.45) is 0 Å². The fourth-order valence-corrected chi connectivity index (χ4v) is 2.05. The summed E-state index contributed by atoms with van der Waals surface area (Å²) in [6.45, 7) is 7.67. The van der Waals surface area contributed by atoms with Crippen LogP contribution in [0.5, 0.6) is 0 Å². The van der Waals surface area contributed by atoms with Gasteiger partial charge in [0.25, 0.3) is 0 Å². The van der Waals surface area contributed by atoms with Crippen LogP contribution in [-0.4, -0.2) is 49.4 Å². The van der Waals surface area contributed by atoms with Gasteiger partial charge in [0.15, 0.2) is 0 Å². The normalized spacial score (nSPS) is 12.0. The van der Waals surface area contributed by atoms with Crippen molar-refractivity contribution < 1.29 is 9.59 Å². The first kappa shape index (κ1) is 21.0. The maximum absolute atomic E-state index is 11.6. The summed E-state index contributed by atoms with van der Waals surface area (Å²) in [5, 5.41) is 11.4. The fraction of sp³-hybridized carbons (Fsp3) is 0.867. The third-order valence-corrected chi connectivity index (χ3v) is 3.34. The molecule has 0 heterocycles. The second-order valence-electron chi connectivity index (χ2n) is 5.67. The van der Waals surface area contributed by atoms with E-state index in [-0.39, 0.29) is 18.0 Å². The van der Waals surface area contributed by atoms with Gasteiger partial charge < -0.3 is 21.3 Å². The summed E-state index contributed by atoms with van der Waals surface area (Å²) in [6, 6.07) is -0.791. The number of thiol groups is 1. The molecule has 0 bridgehead atoms. The van der Waals surface area contributed by atoms with E-state index in [0.717, 1.165) is 25.3 Å². The minimum Gasteiger partial charge on any atom is -0.352 e. The first-order valence-electron chi connectivity index (χ1n) is 8.13. The van der Waals surface area contributed by atoms with Crippen LogP contribution >= 0.6 is 12.6 Å². The number of carbonyl (C=O) groups excluding carboxylic acids is 2. The van der Waals surface area contributed by atoms with Crippen LogP contribution in [0.2, 0.25) is 0 Å². The van der Waals surface area contributed by atoms with Crippen molar-refractivity contribution in [1.82, 2.24) is 21.3 Å². The zero-order chi connectivity index (χ0) is 16.8. The van der Waals surface area contributed by atoms with E-state index < -0.39 is 6.04 Å². The summed E-state index contributed by atoms with van der Waals surface area (Å²) in [6.07, 6.45) is 4.76. The Hall–Kier alpha value is -0.950. The summed E-state index contributed by atoms with van der Waals surface area (Å²) in [5.41, 5.74) is 0. The smallest absolute Gasteiger partial charge is 0.315 e. The lowest BCUT2D eigenvalue weighted by molar-refractivity contribution is -0.123. The number of hydrogen-bond acceptors (Lipinski definition) is 4. The number of unbranched alkanes of at least 4 members (excludes halogenated alkanes) is 3. The lowest BCUT2D eigenvalue weighted by atomic mass is 10.2. The number of carbonyl (C=O) groups is 2. The molecule has 0 saturated heterocycles. The van der Waals surface area contributed by atoms with E-state index in [1.807, 2.05) is 13.8 Å². The van der Waals surface area contributed by atoms with Crippen LogP contribution in [0.3, 0.4) is 0 Å². The van der Waals surface area contributed by atoms with Gasteiger partial charge in [-0.05, 0) is 45.9 Å². The first-order chi connectivity index (χ1) is 10.5. The monoisotopic (exact) mass is 332 g/mol. The first-order valence-corrected chi connectivity index (χ1v) is 8.77. The van der Waals surface area contributed by atoms with Gasteiger partial charge in [-0.3, -0.25) is 4.79 Å². The second-order valence-corrected chi connectivity index (χ2v) is 6.12. The molecule has 0 radical (unpaired) electrons. The molecule has 0 aromatic carbocycles. The van der Waals surface area contributed by atoms with Crippen LogP contribution in [-0.2, 0) is 4.79 Å². The van der Waals surface area contributed by atoms with Crippen LogP contribution < -0.4 is 21.3 Å². The third-order valence-electron chi connectivity index (χ3n) is 3.02. The molecule has 0 aliphatic heterocycles. The lowest BCUT2D eigenvalue weighted by Crippen LogP contribution is -2.50. The van der Waals surface area contributed by atoms with Crippen molar-refractivity contribution in [1.29, 1.82) is 0 Å². The minimum absolute atomic E-state index is 0.0665. The zero-order valence-electron chi connectivity index (χ0n) is 14.1. The van der Waals surface area contributed by atoms with Crippen LogP contribution in [0.4, 0.5) is 4.79 Å². The van der Waals surface area contributed by atoms with Crippen LogP contribution in [0, 0.1) is 0 Å². The van der Waals surface area contributed by atoms with Gasteiger partial charge in [0.05, 0.1) is 0 Å². The number of urea groups is 1. The highest BCUT2D eigenvalue weighted by atomic mass is 32.1. The van der Waals surface area contributed by atoms with Crippen LogP contribution in [0.15, 0.2) is 0 Å². The maximum atomic E-state index is 11.6. The molecule has 0 aromatic heterocycles. The molecule has 1 unspecified atom stereocenters. The summed E-state index contributed by atoms with van der Waals surface area (Å²) in [5.74, 6) is 0.782. The van der Waals surface area contributed by atoms with E-state index in [9.17, 15) is 9.59 Å². The molecular weight excluding hydrogens is 300 g/mol. The Morgan fingerprint density at radius 2 is 1.59 bits per heavy atom. The highest BCUT2D eigenvalue weighted by molar-refractivity contribution is 7.80. The SMILES string of the molecule is CC(C)NC(=O)C(C)NC(=O)NCCNCCCCCCS. The predicted octanol–water partition coefficient (Wildman–Crippen LogP) is 1.28. The molecule has 0 spiro atoms. The van der Waals surface area contributed by atoms with Gasteiger partial charge in [0.2, 0.25) is 5.91 Å². The number of amides is 3. The van der Waals surface area contributed by atoms with Gasteiger partial charge in [-0.2, -0.15) is 12.6 Å². The van der Waals surface area contributed by atoms with Crippen molar-refractivity contribution in [2.45, 2.75) is 58.5 Å². The van der Waals surface area contributed by atoms with Crippen LogP contribution in [0.25, 0.3) is 0 Å². The summed E-state index contributed by atoms with van der Waals surface area (Å²) in [7, 11) is 0. The largest absolute Gasteiger partial charge is 0.352 e. The molecule has 0 aliphatic carbocycles. The molecule has 7 heteroatoms. The maximum Gasteiger partial charge on any atom is 0.315 e. The molecule has 0 saturated carbocycles. The number of nitrogens with one attached hydrogen (secondary N) is 4.